The SMILES string of the molecule is CCC(C)Sc1nnc(-c2nn(Cc3ccccc3)c(=O)c3ccccc23)o1. The molecule has 0 amide bonds. The number of aromatic nitrogens is 4. The molecule has 0 saturated heterocycles. The Morgan fingerprint density at radius 2 is 1.75 bits per heavy atom. The predicted octanol–water partition coefficient (Wildman–Crippen LogP) is 4.39. The van der Waals surface area contributed by atoms with E-state index in [-0.39, 0.29) is 5.56 Å². The van der Waals surface area contributed by atoms with Gasteiger partial charge in [0.05, 0.1) is 11.9 Å². The van der Waals surface area contributed by atoms with Gasteiger partial charge in [0.2, 0.25) is 0 Å². The van der Waals surface area contributed by atoms with Crippen molar-refractivity contribution in [2.24, 2.45) is 0 Å². The molecule has 0 N–H and O–H groups in total. The maximum Gasteiger partial charge on any atom is 0.277 e. The van der Waals surface area contributed by atoms with E-state index in [1.54, 1.807) is 6.07 Å². The van der Waals surface area contributed by atoms with Gasteiger partial charge in [-0.2, -0.15) is 5.10 Å². The lowest BCUT2D eigenvalue weighted by Crippen LogP contribution is -2.24. The number of hydrogen-bond donors (Lipinski definition) is 0. The van der Waals surface area contributed by atoms with Crippen LogP contribution in [-0.2, 0) is 6.54 Å². The summed E-state index contributed by atoms with van der Waals surface area (Å²) in [6, 6.07) is 17.1. The Labute approximate surface area is 166 Å². The fourth-order valence-corrected chi connectivity index (χ4v) is 3.59. The Morgan fingerprint density at radius 3 is 2.50 bits per heavy atom. The molecule has 2 aromatic carbocycles. The molecule has 142 valence electrons. The summed E-state index contributed by atoms with van der Waals surface area (Å²) < 4.78 is 7.32. The van der Waals surface area contributed by atoms with Gasteiger partial charge in [0.15, 0.2) is 5.69 Å². The van der Waals surface area contributed by atoms with Crippen LogP contribution in [0.2, 0.25) is 0 Å². The van der Waals surface area contributed by atoms with Crippen molar-refractivity contribution in [3.63, 3.8) is 0 Å². The average molecular weight is 392 g/mol. The van der Waals surface area contributed by atoms with Gasteiger partial charge in [0, 0.05) is 10.6 Å². The Balaban J connectivity index is 1.81. The van der Waals surface area contributed by atoms with Crippen LogP contribution in [0, 0.1) is 0 Å². The molecule has 0 spiro atoms. The summed E-state index contributed by atoms with van der Waals surface area (Å²) in [6.07, 6.45) is 1.01. The van der Waals surface area contributed by atoms with Gasteiger partial charge < -0.3 is 4.42 Å². The molecule has 0 aliphatic carbocycles. The fraction of sp³-hybridized carbons (Fsp3) is 0.238. The van der Waals surface area contributed by atoms with Crippen molar-refractivity contribution in [3.05, 3.63) is 70.5 Å². The van der Waals surface area contributed by atoms with Gasteiger partial charge in [-0.15, -0.1) is 10.2 Å². The van der Waals surface area contributed by atoms with Crippen LogP contribution in [0.4, 0.5) is 0 Å². The molecule has 0 aliphatic rings. The highest BCUT2D eigenvalue weighted by Crippen LogP contribution is 2.29. The summed E-state index contributed by atoms with van der Waals surface area (Å²) in [5, 5.41) is 15.1. The summed E-state index contributed by atoms with van der Waals surface area (Å²) in [5.41, 5.74) is 1.38. The van der Waals surface area contributed by atoms with Gasteiger partial charge in [-0.1, -0.05) is 74.1 Å². The van der Waals surface area contributed by atoms with Crippen LogP contribution in [-0.4, -0.2) is 25.2 Å². The van der Waals surface area contributed by atoms with Gasteiger partial charge in [-0.05, 0) is 18.1 Å². The highest BCUT2D eigenvalue weighted by Gasteiger charge is 2.18. The van der Waals surface area contributed by atoms with Crippen LogP contribution >= 0.6 is 11.8 Å². The van der Waals surface area contributed by atoms with Crippen LogP contribution in [0.25, 0.3) is 22.4 Å². The average Bonchev–Trinajstić information content (AvgIpc) is 3.19. The molecule has 1 atom stereocenters. The summed E-state index contributed by atoms with van der Waals surface area (Å²) in [5.74, 6) is 0.323. The number of hydrogen-bond acceptors (Lipinski definition) is 6. The summed E-state index contributed by atoms with van der Waals surface area (Å²) in [4.78, 5) is 12.9. The lowest BCUT2D eigenvalue weighted by atomic mass is 10.1. The van der Waals surface area contributed by atoms with Crippen molar-refractivity contribution in [1.82, 2.24) is 20.0 Å². The fourth-order valence-electron chi connectivity index (χ4n) is 2.87. The van der Waals surface area contributed by atoms with Gasteiger partial charge in [0.25, 0.3) is 16.7 Å². The number of thioether (sulfide) groups is 1. The van der Waals surface area contributed by atoms with E-state index >= 15 is 0 Å². The minimum atomic E-state index is -0.142. The van der Waals surface area contributed by atoms with Crippen molar-refractivity contribution in [2.45, 2.75) is 37.3 Å². The smallest absolute Gasteiger partial charge is 0.277 e. The van der Waals surface area contributed by atoms with E-state index in [1.165, 1.54) is 16.4 Å². The minimum Gasteiger partial charge on any atom is -0.409 e. The highest BCUT2D eigenvalue weighted by molar-refractivity contribution is 7.99. The molecule has 0 bridgehead atoms. The van der Waals surface area contributed by atoms with Gasteiger partial charge in [-0.3, -0.25) is 4.79 Å². The Kier molecular flexibility index (Phi) is 5.25. The van der Waals surface area contributed by atoms with Crippen molar-refractivity contribution < 1.29 is 4.42 Å². The Morgan fingerprint density at radius 1 is 1.04 bits per heavy atom. The van der Waals surface area contributed by atoms with Crippen LogP contribution < -0.4 is 5.56 Å². The number of nitrogens with zero attached hydrogens (tertiary/aromatic N) is 4. The first-order valence-electron chi connectivity index (χ1n) is 9.20. The van der Waals surface area contributed by atoms with E-state index in [0.29, 0.717) is 39.4 Å². The number of benzene rings is 2. The molecule has 2 heterocycles. The van der Waals surface area contributed by atoms with Crippen LogP contribution in [0.15, 0.2) is 69.0 Å². The second kappa shape index (κ2) is 7.98. The van der Waals surface area contributed by atoms with Gasteiger partial charge in [-0.25, -0.2) is 4.68 Å². The molecular weight excluding hydrogens is 372 g/mol. The first kappa shape index (κ1) is 18.4. The first-order valence-corrected chi connectivity index (χ1v) is 10.1. The summed E-state index contributed by atoms with van der Waals surface area (Å²) >= 11 is 1.54. The molecule has 4 aromatic rings. The van der Waals surface area contributed by atoms with Gasteiger partial charge >= 0.3 is 0 Å². The molecule has 0 aliphatic heterocycles. The zero-order chi connectivity index (χ0) is 19.5. The number of fused-ring (bicyclic) bond motifs is 1. The Hall–Kier alpha value is -2.93. The zero-order valence-corrected chi connectivity index (χ0v) is 16.5. The van der Waals surface area contributed by atoms with Crippen molar-refractivity contribution in [1.29, 1.82) is 0 Å². The third-order valence-corrected chi connectivity index (χ3v) is 5.63. The topological polar surface area (TPSA) is 73.8 Å². The lowest BCUT2D eigenvalue weighted by Gasteiger charge is -2.09. The van der Waals surface area contributed by atoms with Crippen LogP contribution in [0.1, 0.15) is 25.8 Å². The molecule has 6 nitrogen and oxygen atoms in total. The molecule has 0 radical (unpaired) electrons. The van der Waals surface area contributed by atoms with Gasteiger partial charge in [0.1, 0.15) is 0 Å². The molecule has 1 unspecified atom stereocenters. The van der Waals surface area contributed by atoms with Crippen molar-refractivity contribution >= 4 is 22.5 Å². The molecule has 2 aromatic heterocycles. The molecule has 7 heteroatoms. The van der Waals surface area contributed by atoms with E-state index in [9.17, 15) is 4.79 Å². The quantitative estimate of drug-likeness (QED) is 0.453. The molecule has 4 rings (SSSR count). The van der Waals surface area contributed by atoms with E-state index in [4.69, 9.17) is 4.42 Å². The minimum absolute atomic E-state index is 0.142. The van der Waals surface area contributed by atoms with Crippen LogP contribution in [0.5, 0.6) is 0 Å². The standard InChI is InChI=1S/C21H20N4O2S/c1-3-14(2)28-21-23-22-19(27-21)18-16-11-7-8-12-17(16)20(26)25(24-18)13-15-9-5-4-6-10-15/h4-12,14H,3,13H2,1-2H3. The van der Waals surface area contributed by atoms with E-state index < -0.39 is 0 Å². The van der Waals surface area contributed by atoms with E-state index in [1.807, 2.05) is 48.5 Å². The van der Waals surface area contributed by atoms with Crippen LogP contribution in [0.3, 0.4) is 0 Å². The predicted molar refractivity (Wildman–Crippen MR) is 110 cm³/mol. The summed E-state index contributed by atoms with van der Waals surface area (Å²) in [7, 11) is 0. The normalized spacial score (nSPS) is 12.4. The molecular formula is C21H20N4O2S. The van der Waals surface area contributed by atoms with E-state index in [0.717, 1.165) is 12.0 Å². The monoisotopic (exact) mass is 392 g/mol. The maximum absolute atomic E-state index is 12.9. The second-order valence-electron chi connectivity index (χ2n) is 6.55. The molecule has 0 saturated carbocycles. The second-order valence-corrected chi connectivity index (χ2v) is 7.94. The third kappa shape index (κ3) is 3.71. The third-order valence-electron chi connectivity index (χ3n) is 4.53. The number of rotatable bonds is 6. The lowest BCUT2D eigenvalue weighted by molar-refractivity contribution is 0.461. The molecule has 28 heavy (non-hydrogen) atoms. The first-order chi connectivity index (χ1) is 13.7. The largest absolute Gasteiger partial charge is 0.409 e. The highest BCUT2D eigenvalue weighted by atomic mass is 32.2. The maximum atomic E-state index is 12.9. The molecule has 0 fully saturated rings. The van der Waals surface area contributed by atoms with Crippen molar-refractivity contribution in [3.8, 4) is 11.6 Å². The van der Waals surface area contributed by atoms with Crippen molar-refractivity contribution in [2.75, 3.05) is 0 Å². The Bertz CT molecular complexity index is 1150. The summed E-state index contributed by atoms with van der Waals surface area (Å²) in [6.45, 7) is 4.60. The van der Waals surface area contributed by atoms with E-state index in [2.05, 4.69) is 29.1 Å². The zero-order valence-electron chi connectivity index (χ0n) is 15.7.